The Kier molecular flexibility index (Phi) is 4.27. The van der Waals surface area contributed by atoms with E-state index < -0.39 is 0 Å². The SMILES string of the molecule is c1ccc2c(c1)Sc1ccc(-c3ccc4c(c3)Sc3ccccc3S4)cc1S2. The van der Waals surface area contributed by atoms with E-state index in [-0.39, 0.29) is 0 Å². The van der Waals surface area contributed by atoms with Crippen molar-refractivity contribution in [1.29, 1.82) is 0 Å². The Morgan fingerprint density at radius 1 is 0.321 bits per heavy atom. The molecule has 0 nitrogen and oxygen atoms in total. The number of hydrogen-bond donors (Lipinski definition) is 0. The van der Waals surface area contributed by atoms with Crippen molar-refractivity contribution < 1.29 is 0 Å². The third-order valence-corrected chi connectivity index (χ3v) is 9.89. The average molecular weight is 431 g/mol. The zero-order valence-corrected chi connectivity index (χ0v) is 18.0. The molecular weight excluding hydrogens is 417 g/mol. The molecule has 2 aliphatic heterocycles. The van der Waals surface area contributed by atoms with Gasteiger partial charge in [0.2, 0.25) is 0 Å². The number of rotatable bonds is 1. The molecule has 0 amide bonds. The smallest absolute Gasteiger partial charge is 0.0268 e. The second kappa shape index (κ2) is 6.96. The van der Waals surface area contributed by atoms with Crippen LogP contribution in [0.15, 0.2) is 124 Å². The van der Waals surface area contributed by atoms with E-state index in [4.69, 9.17) is 0 Å². The first-order valence-electron chi connectivity index (χ1n) is 9.01. The van der Waals surface area contributed by atoms with Gasteiger partial charge < -0.3 is 0 Å². The van der Waals surface area contributed by atoms with Crippen LogP contribution in [-0.2, 0) is 0 Å². The Bertz CT molecular complexity index is 1130. The quantitative estimate of drug-likeness (QED) is 0.256. The molecule has 4 aromatic rings. The molecule has 4 aromatic carbocycles. The first-order valence-corrected chi connectivity index (χ1v) is 12.3. The molecule has 2 heterocycles. The van der Waals surface area contributed by atoms with Crippen LogP contribution in [0.1, 0.15) is 0 Å². The Morgan fingerprint density at radius 3 is 1.04 bits per heavy atom. The molecule has 0 spiro atoms. The van der Waals surface area contributed by atoms with Crippen LogP contribution in [0.3, 0.4) is 0 Å². The maximum absolute atomic E-state index is 2.35. The Hall–Kier alpha value is -1.72. The van der Waals surface area contributed by atoms with E-state index in [9.17, 15) is 0 Å². The maximum Gasteiger partial charge on any atom is 0.0268 e. The molecule has 0 saturated carbocycles. The average Bonchev–Trinajstić information content (AvgIpc) is 2.75. The molecule has 6 rings (SSSR count). The molecule has 0 saturated heterocycles. The van der Waals surface area contributed by atoms with Crippen molar-refractivity contribution in [1.82, 2.24) is 0 Å². The van der Waals surface area contributed by atoms with Gasteiger partial charge in [-0.3, -0.25) is 0 Å². The monoisotopic (exact) mass is 430 g/mol. The zero-order valence-electron chi connectivity index (χ0n) is 14.7. The van der Waals surface area contributed by atoms with Gasteiger partial charge >= 0.3 is 0 Å². The summed E-state index contributed by atoms with van der Waals surface area (Å²) in [6.45, 7) is 0. The Balaban J connectivity index is 1.36. The predicted octanol–water partition coefficient (Wildman–Crippen LogP) is 8.59. The van der Waals surface area contributed by atoms with Gasteiger partial charge in [0.15, 0.2) is 0 Å². The number of fused-ring (bicyclic) bond motifs is 4. The van der Waals surface area contributed by atoms with Gasteiger partial charge in [0, 0.05) is 39.2 Å². The van der Waals surface area contributed by atoms with Crippen molar-refractivity contribution in [2.45, 2.75) is 39.2 Å². The normalized spacial score (nSPS) is 13.9. The summed E-state index contributed by atoms with van der Waals surface area (Å²) in [4.78, 5) is 10.8. The van der Waals surface area contributed by atoms with Gasteiger partial charge in [-0.15, -0.1) is 0 Å². The lowest BCUT2D eigenvalue weighted by Crippen LogP contribution is -1.92. The lowest BCUT2D eigenvalue weighted by Gasteiger charge is -2.20. The van der Waals surface area contributed by atoms with Crippen LogP contribution < -0.4 is 0 Å². The van der Waals surface area contributed by atoms with Gasteiger partial charge in [0.1, 0.15) is 0 Å². The summed E-state index contributed by atoms with van der Waals surface area (Å²) in [5.74, 6) is 0. The van der Waals surface area contributed by atoms with Crippen LogP contribution in [0.5, 0.6) is 0 Å². The van der Waals surface area contributed by atoms with Gasteiger partial charge in [0.05, 0.1) is 0 Å². The molecule has 0 unspecified atom stereocenters. The van der Waals surface area contributed by atoms with Crippen molar-refractivity contribution in [3.8, 4) is 11.1 Å². The first kappa shape index (κ1) is 17.2. The topological polar surface area (TPSA) is 0 Å². The second-order valence-electron chi connectivity index (χ2n) is 6.62. The summed E-state index contributed by atoms with van der Waals surface area (Å²) in [5, 5.41) is 0. The van der Waals surface area contributed by atoms with Crippen molar-refractivity contribution >= 4 is 47.0 Å². The van der Waals surface area contributed by atoms with Crippen molar-refractivity contribution in [3.05, 3.63) is 84.9 Å². The maximum atomic E-state index is 2.35. The molecule has 0 fully saturated rings. The van der Waals surface area contributed by atoms with Gasteiger partial charge in [0.25, 0.3) is 0 Å². The van der Waals surface area contributed by atoms with E-state index in [0.29, 0.717) is 0 Å². The molecule has 0 N–H and O–H groups in total. The van der Waals surface area contributed by atoms with Crippen molar-refractivity contribution in [2.75, 3.05) is 0 Å². The minimum Gasteiger partial charge on any atom is -0.0877 e. The van der Waals surface area contributed by atoms with E-state index in [1.807, 2.05) is 47.0 Å². The molecule has 0 aromatic heterocycles. The summed E-state index contributed by atoms with van der Waals surface area (Å²) < 4.78 is 0. The summed E-state index contributed by atoms with van der Waals surface area (Å²) >= 11 is 7.51. The fraction of sp³-hybridized carbons (Fsp3) is 0. The summed E-state index contributed by atoms with van der Waals surface area (Å²) in [6.07, 6.45) is 0. The van der Waals surface area contributed by atoms with Crippen molar-refractivity contribution in [3.63, 3.8) is 0 Å². The third kappa shape index (κ3) is 3.00. The van der Waals surface area contributed by atoms with Gasteiger partial charge in [-0.2, -0.15) is 0 Å². The van der Waals surface area contributed by atoms with Crippen LogP contribution in [0.4, 0.5) is 0 Å². The summed E-state index contributed by atoms with van der Waals surface area (Å²) in [6, 6.07) is 31.1. The van der Waals surface area contributed by atoms with E-state index in [2.05, 4.69) is 84.9 Å². The lowest BCUT2D eigenvalue weighted by molar-refractivity contribution is 1.15. The highest BCUT2D eigenvalue weighted by Gasteiger charge is 2.19. The van der Waals surface area contributed by atoms with Crippen LogP contribution in [0.25, 0.3) is 11.1 Å². The number of benzene rings is 4. The molecule has 0 aliphatic carbocycles. The lowest BCUT2D eigenvalue weighted by atomic mass is 10.1. The van der Waals surface area contributed by atoms with Gasteiger partial charge in [-0.25, -0.2) is 0 Å². The zero-order chi connectivity index (χ0) is 18.5. The molecule has 0 radical (unpaired) electrons. The molecular formula is C24H14S4. The molecule has 2 aliphatic rings. The first-order chi connectivity index (χ1) is 13.8. The molecule has 0 bridgehead atoms. The Labute approximate surface area is 181 Å². The summed E-state index contributed by atoms with van der Waals surface area (Å²) in [5.41, 5.74) is 2.58. The third-order valence-electron chi connectivity index (χ3n) is 4.80. The fourth-order valence-corrected chi connectivity index (χ4v) is 7.92. The second-order valence-corrected chi connectivity index (χ2v) is 11.0. The summed E-state index contributed by atoms with van der Waals surface area (Å²) in [7, 11) is 0. The minimum absolute atomic E-state index is 1.29. The van der Waals surface area contributed by atoms with E-state index in [1.165, 1.54) is 50.3 Å². The van der Waals surface area contributed by atoms with Crippen molar-refractivity contribution in [2.24, 2.45) is 0 Å². The van der Waals surface area contributed by atoms with E-state index in [0.717, 1.165) is 0 Å². The molecule has 4 heteroatoms. The van der Waals surface area contributed by atoms with Gasteiger partial charge in [-0.05, 0) is 59.7 Å². The fourth-order valence-electron chi connectivity index (χ4n) is 3.41. The highest BCUT2D eigenvalue weighted by Crippen LogP contribution is 2.51. The highest BCUT2D eigenvalue weighted by molar-refractivity contribution is 8.05. The van der Waals surface area contributed by atoms with E-state index >= 15 is 0 Å². The van der Waals surface area contributed by atoms with Crippen LogP contribution in [-0.4, -0.2) is 0 Å². The Morgan fingerprint density at radius 2 is 0.643 bits per heavy atom. The largest absolute Gasteiger partial charge is 0.0877 e. The molecule has 0 atom stereocenters. The minimum atomic E-state index is 1.29. The molecule has 28 heavy (non-hydrogen) atoms. The highest BCUT2D eigenvalue weighted by atomic mass is 32.2. The van der Waals surface area contributed by atoms with Crippen LogP contribution >= 0.6 is 47.0 Å². The number of hydrogen-bond acceptors (Lipinski definition) is 4. The van der Waals surface area contributed by atoms with Crippen LogP contribution in [0.2, 0.25) is 0 Å². The van der Waals surface area contributed by atoms with E-state index in [1.54, 1.807) is 0 Å². The standard InChI is InChI=1S/C24H14S4/c1-3-7-19-17(5-1)25-21-11-9-15(13-23(21)27-19)16-10-12-22-24(14-16)28-20-8-4-2-6-18(20)26-22/h1-14H. The van der Waals surface area contributed by atoms with Crippen LogP contribution in [0, 0.1) is 0 Å². The molecule has 134 valence electrons. The van der Waals surface area contributed by atoms with Gasteiger partial charge in [-0.1, -0.05) is 83.4 Å². The predicted molar refractivity (Wildman–Crippen MR) is 121 cm³/mol.